The fourth-order valence-electron chi connectivity index (χ4n) is 2.72. The van der Waals surface area contributed by atoms with Crippen molar-refractivity contribution in [3.05, 3.63) is 11.9 Å². The highest BCUT2D eigenvalue weighted by Crippen LogP contribution is 2.35. The van der Waals surface area contributed by atoms with Crippen molar-refractivity contribution in [3.63, 3.8) is 0 Å². The molecule has 2 unspecified atom stereocenters. The van der Waals surface area contributed by atoms with Gasteiger partial charge in [-0.2, -0.15) is 5.10 Å². The number of sulfone groups is 1. The minimum Gasteiger partial charge on any atom is -0.493 e. The molecule has 0 spiro atoms. The van der Waals surface area contributed by atoms with Crippen LogP contribution in [-0.2, 0) is 9.84 Å². The fraction of sp³-hybridized carbons (Fsp3) is 0.769. The van der Waals surface area contributed by atoms with Crippen LogP contribution in [0.5, 0.6) is 5.75 Å². The molecule has 1 saturated heterocycles. The van der Waals surface area contributed by atoms with Gasteiger partial charge in [-0.25, -0.2) is 8.42 Å². The Bertz CT molecular complexity index is 565. The molecule has 2 atom stereocenters. The van der Waals surface area contributed by atoms with Crippen LogP contribution in [0.25, 0.3) is 0 Å². The van der Waals surface area contributed by atoms with E-state index < -0.39 is 21.2 Å². The molecule has 1 N–H and O–H groups in total. The highest BCUT2D eigenvalue weighted by atomic mass is 32.2. The Morgan fingerprint density at radius 3 is 2.70 bits per heavy atom. The van der Waals surface area contributed by atoms with Gasteiger partial charge in [0.2, 0.25) is 0 Å². The summed E-state index contributed by atoms with van der Waals surface area (Å²) < 4.78 is 31.2. The van der Waals surface area contributed by atoms with Gasteiger partial charge in [-0.1, -0.05) is 6.42 Å². The number of rotatable bonds is 4. The lowest BCUT2D eigenvalue weighted by Crippen LogP contribution is -2.35. The predicted molar refractivity (Wildman–Crippen MR) is 75.5 cm³/mol. The molecular weight excluding hydrogens is 280 g/mol. The summed E-state index contributed by atoms with van der Waals surface area (Å²) in [7, 11) is -1.77. The number of aliphatic hydroxyl groups is 1. The molecule has 0 bridgehead atoms. The van der Waals surface area contributed by atoms with Crippen LogP contribution in [0.2, 0.25) is 0 Å². The SMILES string of the molecule is COc1cnn(C(C)C)c1C(O)C1CCCCS1(=O)=O. The first-order valence-corrected chi connectivity index (χ1v) is 8.61. The van der Waals surface area contributed by atoms with E-state index in [9.17, 15) is 13.5 Å². The number of hydrogen-bond donors (Lipinski definition) is 1. The third kappa shape index (κ3) is 2.69. The van der Waals surface area contributed by atoms with Gasteiger partial charge >= 0.3 is 0 Å². The Kier molecular flexibility index (Phi) is 4.39. The number of ether oxygens (including phenoxy) is 1. The van der Waals surface area contributed by atoms with Crippen LogP contribution in [0.4, 0.5) is 0 Å². The molecule has 6 nitrogen and oxygen atoms in total. The van der Waals surface area contributed by atoms with Crippen LogP contribution in [0, 0.1) is 0 Å². The van der Waals surface area contributed by atoms with Gasteiger partial charge in [0.1, 0.15) is 11.8 Å². The number of hydrogen-bond acceptors (Lipinski definition) is 5. The molecule has 1 fully saturated rings. The maximum Gasteiger partial charge on any atom is 0.162 e. The zero-order chi connectivity index (χ0) is 14.9. The second kappa shape index (κ2) is 5.73. The van der Waals surface area contributed by atoms with Crippen molar-refractivity contribution >= 4 is 9.84 Å². The Hall–Kier alpha value is -1.08. The molecule has 1 aliphatic rings. The second-order valence-electron chi connectivity index (χ2n) is 5.48. The van der Waals surface area contributed by atoms with E-state index in [1.54, 1.807) is 4.68 Å². The molecular formula is C13H22N2O4S. The molecule has 0 amide bonds. The smallest absolute Gasteiger partial charge is 0.162 e. The average molecular weight is 302 g/mol. The van der Waals surface area contributed by atoms with E-state index in [0.717, 1.165) is 6.42 Å². The summed E-state index contributed by atoms with van der Waals surface area (Å²) in [6, 6.07) is 0.0230. The molecule has 0 aromatic carbocycles. The van der Waals surface area contributed by atoms with E-state index >= 15 is 0 Å². The quantitative estimate of drug-likeness (QED) is 0.911. The summed E-state index contributed by atoms with van der Waals surface area (Å²) in [5, 5.41) is 14.0. The van der Waals surface area contributed by atoms with Gasteiger partial charge in [0, 0.05) is 6.04 Å². The average Bonchev–Trinajstić information content (AvgIpc) is 2.81. The molecule has 2 heterocycles. The summed E-state index contributed by atoms with van der Waals surface area (Å²) in [5.74, 6) is 0.583. The van der Waals surface area contributed by atoms with Gasteiger partial charge < -0.3 is 9.84 Å². The molecule has 0 saturated carbocycles. The van der Waals surface area contributed by atoms with Gasteiger partial charge in [-0.3, -0.25) is 4.68 Å². The molecule has 7 heteroatoms. The van der Waals surface area contributed by atoms with Gasteiger partial charge in [-0.15, -0.1) is 0 Å². The zero-order valence-corrected chi connectivity index (χ0v) is 12.9. The standard InChI is InChI=1S/C13H22N2O4S/c1-9(2)15-12(10(19-3)8-14-15)13(16)11-6-4-5-7-20(11,17)18/h8-9,11,13,16H,4-7H2,1-3H3. The predicted octanol–water partition coefficient (Wildman–Crippen LogP) is 1.47. The Balaban J connectivity index is 2.42. The van der Waals surface area contributed by atoms with Crippen LogP contribution in [0.15, 0.2) is 6.20 Å². The Morgan fingerprint density at radius 2 is 2.15 bits per heavy atom. The largest absolute Gasteiger partial charge is 0.493 e. The molecule has 0 aliphatic carbocycles. The van der Waals surface area contributed by atoms with E-state index in [0.29, 0.717) is 24.3 Å². The van der Waals surface area contributed by atoms with Crippen molar-refractivity contribution in [2.45, 2.75) is 50.5 Å². The monoisotopic (exact) mass is 302 g/mol. The molecule has 20 heavy (non-hydrogen) atoms. The van der Waals surface area contributed by atoms with E-state index in [2.05, 4.69) is 5.10 Å². The summed E-state index contributed by atoms with van der Waals surface area (Å²) in [4.78, 5) is 0. The van der Waals surface area contributed by atoms with Crippen molar-refractivity contribution in [2.24, 2.45) is 0 Å². The number of aromatic nitrogens is 2. The van der Waals surface area contributed by atoms with E-state index in [1.807, 2.05) is 13.8 Å². The third-order valence-corrected chi connectivity index (χ3v) is 6.04. The molecule has 1 aromatic heterocycles. The lowest BCUT2D eigenvalue weighted by Gasteiger charge is -2.28. The molecule has 2 rings (SSSR count). The minimum absolute atomic E-state index is 0.0230. The van der Waals surface area contributed by atoms with Crippen LogP contribution >= 0.6 is 0 Å². The first kappa shape index (κ1) is 15.3. The molecule has 1 aliphatic heterocycles. The normalized spacial score (nSPS) is 23.8. The summed E-state index contributed by atoms with van der Waals surface area (Å²) in [6.07, 6.45) is 2.40. The summed E-state index contributed by atoms with van der Waals surface area (Å²) in [6.45, 7) is 3.86. The van der Waals surface area contributed by atoms with Crippen LogP contribution in [0.1, 0.15) is 50.9 Å². The van der Waals surface area contributed by atoms with Crippen molar-refractivity contribution in [1.82, 2.24) is 9.78 Å². The van der Waals surface area contributed by atoms with Gasteiger partial charge in [0.25, 0.3) is 0 Å². The maximum atomic E-state index is 12.2. The van der Waals surface area contributed by atoms with Gasteiger partial charge in [-0.05, 0) is 26.7 Å². The third-order valence-electron chi connectivity index (χ3n) is 3.77. The minimum atomic E-state index is -3.26. The van der Waals surface area contributed by atoms with E-state index in [1.165, 1.54) is 13.3 Å². The zero-order valence-electron chi connectivity index (χ0n) is 12.1. The molecule has 1 aromatic rings. The molecule has 114 valence electrons. The van der Waals surface area contributed by atoms with Crippen molar-refractivity contribution in [2.75, 3.05) is 12.9 Å². The number of nitrogens with zero attached hydrogens (tertiary/aromatic N) is 2. The Morgan fingerprint density at radius 1 is 1.45 bits per heavy atom. The van der Waals surface area contributed by atoms with Crippen molar-refractivity contribution in [3.8, 4) is 5.75 Å². The van der Waals surface area contributed by atoms with Crippen LogP contribution in [0.3, 0.4) is 0 Å². The van der Waals surface area contributed by atoms with Gasteiger partial charge in [0.15, 0.2) is 15.6 Å². The van der Waals surface area contributed by atoms with Crippen LogP contribution < -0.4 is 4.74 Å². The van der Waals surface area contributed by atoms with E-state index in [4.69, 9.17) is 4.74 Å². The number of aliphatic hydroxyl groups excluding tert-OH is 1. The first-order chi connectivity index (χ1) is 9.38. The Labute approximate surface area is 119 Å². The second-order valence-corrected chi connectivity index (χ2v) is 7.82. The summed E-state index contributed by atoms with van der Waals surface area (Å²) >= 11 is 0. The van der Waals surface area contributed by atoms with Crippen molar-refractivity contribution in [1.29, 1.82) is 0 Å². The maximum absolute atomic E-state index is 12.2. The van der Waals surface area contributed by atoms with E-state index in [-0.39, 0.29) is 11.8 Å². The molecule has 0 radical (unpaired) electrons. The topological polar surface area (TPSA) is 81.4 Å². The number of methoxy groups -OCH3 is 1. The highest BCUT2D eigenvalue weighted by Gasteiger charge is 2.38. The highest BCUT2D eigenvalue weighted by molar-refractivity contribution is 7.92. The van der Waals surface area contributed by atoms with Crippen molar-refractivity contribution < 1.29 is 18.3 Å². The lowest BCUT2D eigenvalue weighted by molar-refractivity contribution is 0.147. The van der Waals surface area contributed by atoms with Crippen LogP contribution in [-0.4, -0.2) is 41.4 Å². The van der Waals surface area contributed by atoms with Gasteiger partial charge in [0.05, 0.1) is 24.3 Å². The lowest BCUT2D eigenvalue weighted by atomic mass is 10.1. The fourth-order valence-corrected chi connectivity index (χ4v) is 4.67. The summed E-state index contributed by atoms with van der Waals surface area (Å²) in [5.41, 5.74) is 0.456. The first-order valence-electron chi connectivity index (χ1n) is 6.89.